The summed E-state index contributed by atoms with van der Waals surface area (Å²) in [6.45, 7) is 3.20. The number of carbonyl (C=O) groups excluding carboxylic acids is 3. The molecular weight excluding hydrogens is 224 g/mol. The van der Waals surface area contributed by atoms with Crippen LogP contribution in [0, 0.1) is 0 Å². The first-order valence-electron chi connectivity index (χ1n) is 5.75. The van der Waals surface area contributed by atoms with E-state index in [0.29, 0.717) is 13.1 Å². The Balaban J connectivity index is 1.79. The second kappa shape index (κ2) is 5.13. The van der Waals surface area contributed by atoms with Crippen LogP contribution in [-0.4, -0.2) is 66.9 Å². The lowest BCUT2D eigenvalue weighted by atomic mass is 10.3. The summed E-state index contributed by atoms with van der Waals surface area (Å²) in [4.78, 5) is 37.2. The van der Waals surface area contributed by atoms with Crippen molar-refractivity contribution in [3.8, 4) is 0 Å². The van der Waals surface area contributed by atoms with Crippen molar-refractivity contribution in [2.24, 2.45) is 0 Å². The third-order valence-electron chi connectivity index (χ3n) is 2.96. The fraction of sp³-hybridized carbons (Fsp3) is 0.700. The largest absolute Gasteiger partial charge is 0.340 e. The van der Waals surface area contributed by atoms with Crippen LogP contribution in [0.2, 0.25) is 0 Å². The molecule has 0 aromatic heterocycles. The summed E-state index contributed by atoms with van der Waals surface area (Å²) < 4.78 is 0. The van der Waals surface area contributed by atoms with Crippen LogP contribution in [-0.2, 0) is 9.59 Å². The van der Waals surface area contributed by atoms with E-state index in [1.807, 2.05) is 0 Å². The highest BCUT2D eigenvalue weighted by Crippen LogP contribution is 2.03. The summed E-state index contributed by atoms with van der Waals surface area (Å²) >= 11 is 0. The van der Waals surface area contributed by atoms with Gasteiger partial charge in [0.1, 0.15) is 0 Å². The Bertz CT molecular complexity index is 322. The van der Waals surface area contributed by atoms with Gasteiger partial charge in [0.2, 0.25) is 11.8 Å². The zero-order valence-corrected chi connectivity index (χ0v) is 9.57. The van der Waals surface area contributed by atoms with Crippen LogP contribution in [0.15, 0.2) is 0 Å². The van der Waals surface area contributed by atoms with Gasteiger partial charge in [-0.05, 0) is 0 Å². The van der Waals surface area contributed by atoms with E-state index in [1.54, 1.807) is 4.90 Å². The van der Waals surface area contributed by atoms with Gasteiger partial charge in [-0.3, -0.25) is 14.5 Å². The number of rotatable bonds is 3. The molecule has 0 saturated carbocycles. The molecule has 0 aromatic carbocycles. The molecule has 94 valence electrons. The lowest BCUT2D eigenvalue weighted by Crippen LogP contribution is -2.47. The van der Waals surface area contributed by atoms with Gasteiger partial charge in [-0.25, -0.2) is 4.79 Å². The topological polar surface area (TPSA) is 81.8 Å². The first kappa shape index (κ1) is 11.8. The van der Waals surface area contributed by atoms with Gasteiger partial charge in [-0.1, -0.05) is 0 Å². The third kappa shape index (κ3) is 2.73. The number of carbonyl (C=O) groups is 3. The third-order valence-corrected chi connectivity index (χ3v) is 2.96. The average Bonchev–Trinajstić information content (AvgIpc) is 2.67. The highest BCUT2D eigenvalue weighted by molar-refractivity contribution is 6.02. The predicted octanol–water partition coefficient (Wildman–Crippen LogP) is -1.64. The van der Waals surface area contributed by atoms with Crippen molar-refractivity contribution in [2.45, 2.75) is 6.42 Å². The van der Waals surface area contributed by atoms with E-state index < -0.39 is 6.03 Å². The molecular formula is C10H16N4O3. The quantitative estimate of drug-likeness (QED) is 0.580. The number of piperazine rings is 1. The van der Waals surface area contributed by atoms with E-state index in [1.165, 1.54) is 0 Å². The summed E-state index contributed by atoms with van der Waals surface area (Å²) in [5.41, 5.74) is 0. The van der Waals surface area contributed by atoms with E-state index in [-0.39, 0.29) is 31.3 Å². The molecule has 17 heavy (non-hydrogen) atoms. The fourth-order valence-electron chi connectivity index (χ4n) is 1.96. The van der Waals surface area contributed by atoms with Crippen LogP contribution < -0.4 is 10.6 Å². The van der Waals surface area contributed by atoms with Crippen LogP contribution in [0.5, 0.6) is 0 Å². The minimum absolute atomic E-state index is 0.000926. The zero-order valence-electron chi connectivity index (χ0n) is 9.57. The Morgan fingerprint density at radius 3 is 2.53 bits per heavy atom. The molecule has 0 aromatic rings. The average molecular weight is 240 g/mol. The van der Waals surface area contributed by atoms with Crippen LogP contribution in [0.4, 0.5) is 4.79 Å². The number of hydrogen-bond donors (Lipinski definition) is 2. The molecule has 0 aliphatic carbocycles. The molecule has 4 amide bonds. The number of nitrogens with one attached hydrogen (secondary N) is 2. The van der Waals surface area contributed by atoms with Gasteiger partial charge in [0, 0.05) is 39.1 Å². The first-order valence-corrected chi connectivity index (χ1v) is 5.75. The van der Waals surface area contributed by atoms with Crippen molar-refractivity contribution < 1.29 is 14.4 Å². The summed E-state index contributed by atoms with van der Waals surface area (Å²) in [5.74, 6) is -0.262. The van der Waals surface area contributed by atoms with Gasteiger partial charge in [0.15, 0.2) is 0 Å². The molecule has 2 fully saturated rings. The number of amides is 4. The van der Waals surface area contributed by atoms with E-state index in [4.69, 9.17) is 0 Å². The SMILES string of the molecule is O=C(CCN1C(=O)CNC1=O)N1CCNCC1. The first-order chi connectivity index (χ1) is 8.18. The molecule has 7 nitrogen and oxygen atoms in total. The fourth-order valence-corrected chi connectivity index (χ4v) is 1.96. The molecule has 2 aliphatic rings. The molecule has 0 bridgehead atoms. The smallest absolute Gasteiger partial charge is 0.324 e. The van der Waals surface area contributed by atoms with E-state index in [2.05, 4.69) is 10.6 Å². The van der Waals surface area contributed by atoms with Gasteiger partial charge < -0.3 is 15.5 Å². The van der Waals surface area contributed by atoms with Crippen molar-refractivity contribution >= 4 is 17.8 Å². The van der Waals surface area contributed by atoms with Crippen molar-refractivity contribution in [1.29, 1.82) is 0 Å². The van der Waals surface area contributed by atoms with Crippen LogP contribution >= 0.6 is 0 Å². The number of urea groups is 1. The Labute approximate surface area is 99.1 Å². The summed E-state index contributed by atoms with van der Waals surface area (Å²) in [5, 5.41) is 5.58. The lowest BCUT2D eigenvalue weighted by Gasteiger charge is -2.27. The maximum Gasteiger partial charge on any atom is 0.324 e. The molecule has 0 unspecified atom stereocenters. The Kier molecular flexibility index (Phi) is 3.58. The molecule has 0 spiro atoms. The molecule has 2 rings (SSSR count). The zero-order chi connectivity index (χ0) is 12.3. The van der Waals surface area contributed by atoms with Crippen molar-refractivity contribution in [2.75, 3.05) is 39.3 Å². The summed E-state index contributed by atoms with van der Waals surface area (Å²) in [6, 6.07) is -0.400. The van der Waals surface area contributed by atoms with Gasteiger partial charge in [0.05, 0.1) is 6.54 Å². The van der Waals surface area contributed by atoms with Crippen molar-refractivity contribution in [3.63, 3.8) is 0 Å². The van der Waals surface area contributed by atoms with Crippen LogP contribution in [0.3, 0.4) is 0 Å². The van der Waals surface area contributed by atoms with E-state index in [0.717, 1.165) is 18.0 Å². The van der Waals surface area contributed by atoms with Gasteiger partial charge in [-0.15, -0.1) is 0 Å². The van der Waals surface area contributed by atoms with Crippen LogP contribution in [0.1, 0.15) is 6.42 Å². The standard InChI is InChI=1S/C10H16N4O3/c15-8(13-5-2-11-3-6-13)1-4-14-9(16)7-12-10(14)17/h11H,1-7H2,(H,12,17). The van der Waals surface area contributed by atoms with Crippen molar-refractivity contribution in [1.82, 2.24) is 20.4 Å². The normalized spacial score (nSPS) is 20.7. The van der Waals surface area contributed by atoms with E-state index in [9.17, 15) is 14.4 Å². The number of imide groups is 1. The minimum Gasteiger partial charge on any atom is -0.340 e. The number of nitrogens with zero attached hydrogens (tertiary/aromatic N) is 2. The minimum atomic E-state index is -0.400. The lowest BCUT2D eigenvalue weighted by molar-refractivity contribution is -0.132. The Morgan fingerprint density at radius 1 is 1.24 bits per heavy atom. The maximum atomic E-state index is 11.8. The molecule has 7 heteroatoms. The maximum absolute atomic E-state index is 11.8. The highest BCUT2D eigenvalue weighted by atomic mass is 16.2. The molecule has 2 saturated heterocycles. The molecule has 2 heterocycles. The Morgan fingerprint density at radius 2 is 1.94 bits per heavy atom. The van der Waals surface area contributed by atoms with Gasteiger partial charge >= 0.3 is 6.03 Å². The predicted molar refractivity (Wildman–Crippen MR) is 59.2 cm³/mol. The van der Waals surface area contributed by atoms with Gasteiger partial charge in [0.25, 0.3) is 0 Å². The molecule has 0 atom stereocenters. The molecule has 0 radical (unpaired) electrons. The van der Waals surface area contributed by atoms with E-state index >= 15 is 0 Å². The summed E-state index contributed by atoms with van der Waals surface area (Å²) in [7, 11) is 0. The number of hydrogen-bond acceptors (Lipinski definition) is 4. The Hall–Kier alpha value is -1.63. The summed E-state index contributed by atoms with van der Waals surface area (Å²) in [6.07, 6.45) is 0.208. The van der Waals surface area contributed by atoms with Crippen molar-refractivity contribution in [3.05, 3.63) is 0 Å². The molecule has 2 aliphatic heterocycles. The second-order valence-electron chi connectivity index (χ2n) is 4.08. The monoisotopic (exact) mass is 240 g/mol. The van der Waals surface area contributed by atoms with Crippen LogP contribution in [0.25, 0.3) is 0 Å². The van der Waals surface area contributed by atoms with Gasteiger partial charge in [-0.2, -0.15) is 0 Å². The molecule has 2 N–H and O–H groups in total. The highest BCUT2D eigenvalue weighted by Gasteiger charge is 2.29. The second-order valence-corrected chi connectivity index (χ2v) is 4.08.